The van der Waals surface area contributed by atoms with Gasteiger partial charge in [0.25, 0.3) is 0 Å². The number of carbonyl (C=O) groups is 1. The fourth-order valence-corrected chi connectivity index (χ4v) is 2.83. The first kappa shape index (κ1) is 15.8. The summed E-state index contributed by atoms with van der Waals surface area (Å²) in [6.07, 6.45) is -3.12. The smallest absolute Gasteiger partial charge is 0.423 e. The minimum absolute atomic E-state index is 0.295. The molecule has 0 aliphatic heterocycles. The van der Waals surface area contributed by atoms with Crippen LogP contribution in [0.15, 0.2) is 47.0 Å². The zero-order valence-corrected chi connectivity index (χ0v) is 12.0. The predicted molar refractivity (Wildman–Crippen MR) is 73.6 cm³/mol. The molecule has 0 bridgehead atoms. The zero-order valence-electron chi connectivity index (χ0n) is 10.4. The van der Waals surface area contributed by atoms with Crippen molar-refractivity contribution in [2.45, 2.75) is 11.8 Å². The van der Waals surface area contributed by atoms with Gasteiger partial charge >= 0.3 is 12.1 Å². The molecule has 0 aromatic heterocycles. The van der Waals surface area contributed by atoms with Crippen molar-refractivity contribution >= 4 is 27.5 Å². The molecule has 2 N–H and O–H groups in total. The standard InChI is InChI=1S/C14H10BrF3O3/c15-11-7-9(8-4-2-1-3-5-8)6-10(12(19)20)13(11,21)14(16,17)18/h1-7,10,21H,(H,19,20). The minimum atomic E-state index is -5.12. The van der Waals surface area contributed by atoms with E-state index in [-0.39, 0.29) is 0 Å². The van der Waals surface area contributed by atoms with Crippen LogP contribution in [0.4, 0.5) is 13.2 Å². The van der Waals surface area contributed by atoms with E-state index in [1.54, 1.807) is 30.3 Å². The Balaban J connectivity index is 2.58. The van der Waals surface area contributed by atoms with E-state index in [1.165, 1.54) is 0 Å². The van der Waals surface area contributed by atoms with Gasteiger partial charge in [-0.15, -0.1) is 0 Å². The SMILES string of the molecule is O=C(O)C1C=C(c2ccccc2)C=C(Br)C1(O)C(F)(F)F. The fourth-order valence-electron chi connectivity index (χ4n) is 2.12. The Labute approximate surface area is 126 Å². The quantitative estimate of drug-likeness (QED) is 0.847. The van der Waals surface area contributed by atoms with Crippen molar-refractivity contribution in [3.8, 4) is 0 Å². The van der Waals surface area contributed by atoms with Crippen LogP contribution < -0.4 is 0 Å². The molecule has 1 aliphatic rings. The number of carboxylic acids is 1. The highest BCUT2D eigenvalue weighted by molar-refractivity contribution is 9.11. The Morgan fingerprint density at radius 2 is 1.81 bits per heavy atom. The zero-order chi connectivity index (χ0) is 15.8. The van der Waals surface area contributed by atoms with E-state index in [4.69, 9.17) is 5.11 Å². The van der Waals surface area contributed by atoms with Crippen molar-refractivity contribution in [2.75, 3.05) is 0 Å². The van der Waals surface area contributed by atoms with E-state index in [1.807, 2.05) is 0 Å². The molecule has 0 heterocycles. The molecule has 1 aliphatic carbocycles. The molecule has 7 heteroatoms. The molecular weight excluding hydrogens is 353 g/mol. The lowest BCUT2D eigenvalue weighted by Crippen LogP contribution is -2.54. The lowest BCUT2D eigenvalue weighted by Gasteiger charge is -2.36. The van der Waals surface area contributed by atoms with Crippen LogP contribution in [0.1, 0.15) is 5.56 Å². The number of benzene rings is 1. The van der Waals surface area contributed by atoms with Crippen molar-refractivity contribution in [3.63, 3.8) is 0 Å². The van der Waals surface area contributed by atoms with Gasteiger partial charge in [-0.2, -0.15) is 13.2 Å². The van der Waals surface area contributed by atoms with Crippen LogP contribution >= 0.6 is 15.9 Å². The number of alkyl halides is 3. The highest BCUT2D eigenvalue weighted by atomic mass is 79.9. The molecule has 0 saturated heterocycles. The monoisotopic (exact) mass is 362 g/mol. The maximum atomic E-state index is 13.1. The van der Waals surface area contributed by atoms with Crippen molar-refractivity contribution in [1.29, 1.82) is 0 Å². The molecular formula is C14H10BrF3O3. The summed E-state index contributed by atoms with van der Waals surface area (Å²) in [4.78, 5) is 11.2. The number of hydrogen-bond donors (Lipinski definition) is 2. The van der Waals surface area contributed by atoms with E-state index < -0.39 is 28.1 Å². The van der Waals surface area contributed by atoms with Gasteiger partial charge in [0, 0.05) is 4.48 Å². The Morgan fingerprint density at radius 3 is 2.29 bits per heavy atom. The van der Waals surface area contributed by atoms with Gasteiger partial charge in [-0.05, 0) is 17.2 Å². The summed E-state index contributed by atoms with van der Waals surface area (Å²) in [5, 5.41) is 19.0. The minimum Gasteiger partial charge on any atom is -0.481 e. The second kappa shape index (κ2) is 5.31. The summed E-state index contributed by atoms with van der Waals surface area (Å²) in [6, 6.07) is 8.36. The molecule has 0 radical (unpaired) electrons. The predicted octanol–water partition coefficient (Wildman–Crippen LogP) is 3.36. The number of rotatable bonds is 2. The summed E-state index contributed by atoms with van der Waals surface area (Å²) in [5.74, 6) is -3.89. The Hall–Kier alpha value is -1.60. The molecule has 0 amide bonds. The summed E-state index contributed by atoms with van der Waals surface area (Å²) < 4.78 is 38.7. The number of allylic oxidation sites excluding steroid dienone is 2. The molecule has 2 atom stereocenters. The molecule has 112 valence electrons. The van der Waals surface area contributed by atoms with Crippen LogP contribution in [-0.2, 0) is 4.79 Å². The second-order valence-electron chi connectivity index (χ2n) is 4.56. The highest BCUT2D eigenvalue weighted by Gasteiger charge is 2.63. The first-order valence-corrected chi connectivity index (χ1v) is 6.64. The summed E-state index contributed by atoms with van der Waals surface area (Å²) in [5.41, 5.74) is -2.62. The number of aliphatic hydroxyl groups is 1. The van der Waals surface area contributed by atoms with Gasteiger partial charge in [0.2, 0.25) is 5.60 Å². The van der Waals surface area contributed by atoms with E-state index in [0.717, 1.165) is 12.2 Å². The molecule has 21 heavy (non-hydrogen) atoms. The van der Waals surface area contributed by atoms with Crippen LogP contribution in [0.25, 0.3) is 5.57 Å². The summed E-state index contributed by atoms with van der Waals surface area (Å²) in [7, 11) is 0. The molecule has 1 aromatic carbocycles. The van der Waals surface area contributed by atoms with Gasteiger partial charge in [0.05, 0.1) is 0 Å². The Morgan fingerprint density at radius 1 is 1.24 bits per heavy atom. The third-order valence-electron chi connectivity index (χ3n) is 3.25. The van der Waals surface area contributed by atoms with Gasteiger partial charge in [0.15, 0.2) is 0 Å². The molecule has 0 fully saturated rings. The largest absolute Gasteiger partial charge is 0.481 e. The van der Waals surface area contributed by atoms with Crippen LogP contribution in [0.3, 0.4) is 0 Å². The average molecular weight is 363 g/mol. The Bertz CT molecular complexity index is 622. The Kier molecular flexibility index (Phi) is 3.99. The van der Waals surface area contributed by atoms with Crippen molar-refractivity contribution in [1.82, 2.24) is 0 Å². The van der Waals surface area contributed by atoms with E-state index in [2.05, 4.69) is 15.9 Å². The summed E-state index contributed by atoms with van der Waals surface area (Å²) >= 11 is 2.68. The molecule has 1 aromatic rings. The first-order valence-electron chi connectivity index (χ1n) is 5.84. The van der Waals surface area contributed by atoms with Crippen molar-refractivity contribution in [3.05, 3.63) is 52.5 Å². The topological polar surface area (TPSA) is 57.5 Å². The third kappa shape index (κ3) is 2.63. The lowest BCUT2D eigenvalue weighted by molar-refractivity contribution is -0.255. The molecule has 2 rings (SSSR count). The number of halogens is 4. The van der Waals surface area contributed by atoms with Gasteiger partial charge in [-0.1, -0.05) is 52.3 Å². The molecule has 3 nitrogen and oxygen atoms in total. The molecule has 2 unspecified atom stereocenters. The van der Waals surface area contributed by atoms with Crippen LogP contribution in [0.5, 0.6) is 0 Å². The van der Waals surface area contributed by atoms with Gasteiger partial charge in [-0.25, -0.2) is 0 Å². The highest BCUT2D eigenvalue weighted by Crippen LogP contribution is 2.48. The third-order valence-corrected chi connectivity index (χ3v) is 4.08. The lowest BCUT2D eigenvalue weighted by atomic mass is 9.79. The van der Waals surface area contributed by atoms with E-state index in [9.17, 15) is 23.1 Å². The first-order chi connectivity index (χ1) is 9.68. The van der Waals surface area contributed by atoms with E-state index >= 15 is 0 Å². The van der Waals surface area contributed by atoms with Crippen LogP contribution in [-0.4, -0.2) is 28.0 Å². The number of aliphatic carboxylic acids is 1. The fraction of sp³-hybridized carbons (Fsp3) is 0.214. The normalized spacial score (nSPS) is 26.0. The van der Waals surface area contributed by atoms with Crippen molar-refractivity contribution < 1.29 is 28.2 Å². The number of hydrogen-bond acceptors (Lipinski definition) is 2. The van der Waals surface area contributed by atoms with Gasteiger partial charge in [-0.3, -0.25) is 4.79 Å². The van der Waals surface area contributed by atoms with Crippen LogP contribution in [0.2, 0.25) is 0 Å². The van der Waals surface area contributed by atoms with Gasteiger partial charge in [0.1, 0.15) is 5.92 Å². The van der Waals surface area contributed by atoms with Crippen LogP contribution in [0, 0.1) is 5.92 Å². The molecule has 0 saturated carbocycles. The maximum absolute atomic E-state index is 13.1. The van der Waals surface area contributed by atoms with E-state index in [0.29, 0.717) is 11.1 Å². The molecule has 0 spiro atoms. The van der Waals surface area contributed by atoms with Crippen molar-refractivity contribution in [2.24, 2.45) is 5.92 Å². The summed E-state index contributed by atoms with van der Waals surface area (Å²) in [6.45, 7) is 0. The van der Waals surface area contributed by atoms with Gasteiger partial charge < -0.3 is 10.2 Å². The maximum Gasteiger partial charge on any atom is 0.423 e. The number of carboxylic acid groups (broad SMARTS) is 1. The average Bonchev–Trinajstić information content (AvgIpc) is 2.41. The second-order valence-corrected chi connectivity index (χ2v) is 5.41.